The van der Waals surface area contributed by atoms with Gasteiger partial charge in [-0.15, -0.1) is 11.3 Å². The highest BCUT2D eigenvalue weighted by atomic mass is 32.2. The number of carbonyl (C=O) groups excluding carboxylic acids is 2. The van der Waals surface area contributed by atoms with E-state index in [1.807, 2.05) is 61.2 Å². The summed E-state index contributed by atoms with van der Waals surface area (Å²) in [5.74, 6) is 0.157. The second kappa shape index (κ2) is 9.64. The number of nitrogens with one attached hydrogen (secondary N) is 3. The molecule has 3 N–H and O–H groups in total. The van der Waals surface area contributed by atoms with E-state index in [0.29, 0.717) is 39.6 Å². The summed E-state index contributed by atoms with van der Waals surface area (Å²) in [5.41, 5.74) is 1.77. The van der Waals surface area contributed by atoms with Gasteiger partial charge in [-0.2, -0.15) is 5.10 Å². The summed E-state index contributed by atoms with van der Waals surface area (Å²) in [4.78, 5) is 29.0. The zero-order valence-electron chi connectivity index (χ0n) is 20.4. The fourth-order valence-corrected chi connectivity index (χ4v) is 6.36. The highest BCUT2D eigenvalue weighted by Gasteiger charge is 2.25. The van der Waals surface area contributed by atoms with Crippen LogP contribution < -0.4 is 15.5 Å². The number of carbonyl (C=O) groups is 2. The maximum absolute atomic E-state index is 13.0. The number of H-pyrrole nitrogens is 1. The quantitative estimate of drug-likeness (QED) is 0.344. The molecular formula is C26H27N5O4S2. The molecule has 0 spiro atoms. The molecule has 1 fully saturated rings. The third kappa shape index (κ3) is 5.37. The molecule has 11 heteroatoms. The van der Waals surface area contributed by atoms with E-state index in [0.717, 1.165) is 11.3 Å². The zero-order valence-corrected chi connectivity index (χ0v) is 22.1. The predicted octanol–water partition coefficient (Wildman–Crippen LogP) is 3.78. The van der Waals surface area contributed by atoms with Gasteiger partial charge in [0.1, 0.15) is 10.6 Å². The summed E-state index contributed by atoms with van der Waals surface area (Å²) in [5, 5.41) is 13.7. The molecule has 2 aromatic heterocycles. The number of anilines is 2. The van der Waals surface area contributed by atoms with Gasteiger partial charge in [-0.05, 0) is 49.7 Å². The molecule has 1 aliphatic rings. The normalized spacial score (nSPS) is 15.5. The first-order valence-corrected chi connectivity index (χ1v) is 14.5. The van der Waals surface area contributed by atoms with Crippen LogP contribution in [0.4, 0.5) is 11.5 Å². The first kappa shape index (κ1) is 25.0. The lowest BCUT2D eigenvalue weighted by Gasteiger charge is -2.28. The van der Waals surface area contributed by atoms with E-state index < -0.39 is 15.4 Å². The van der Waals surface area contributed by atoms with Gasteiger partial charge >= 0.3 is 0 Å². The zero-order chi connectivity index (χ0) is 26.2. The lowest BCUT2D eigenvalue weighted by atomic mass is 9.94. The molecule has 0 aliphatic carbocycles. The lowest BCUT2D eigenvalue weighted by molar-refractivity contribution is 0.0915. The van der Waals surface area contributed by atoms with Gasteiger partial charge in [0.05, 0.1) is 27.3 Å². The lowest BCUT2D eigenvalue weighted by Crippen LogP contribution is -2.40. The van der Waals surface area contributed by atoms with Gasteiger partial charge in [0, 0.05) is 24.3 Å². The Kier molecular flexibility index (Phi) is 6.50. The third-order valence-corrected chi connectivity index (χ3v) is 9.11. The van der Waals surface area contributed by atoms with Crippen LogP contribution in [-0.4, -0.2) is 55.0 Å². The molecule has 1 saturated heterocycles. The molecule has 2 amide bonds. The van der Waals surface area contributed by atoms with Crippen LogP contribution in [0.3, 0.4) is 0 Å². The highest BCUT2D eigenvalue weighted by molar-refractivity contribution is 7.91. The minimum absolute atomic E-state index is 0.134. The monoisotopic (exact) mass is 537 g/mol. The molecule has 5 rings (SSSR count). The van der Waals surface area contributed by atoms with E-state index in [1.165, 1.54) is 11.3 Å². The first-order chi connectivity index (χ1) is 17.6. The second-order valence-electron chi connectivity index (χ2n) is 9.51. The Balaban J connectivity index is 1.26. The molecule has 0 radical (unpaired) electrons. The van der Waals surface area contributed by atoms with Crippen molar-refractivity contribution in [2.24, 2.45) is 0 Å². The molecule has 192 valence electrons. The van der Waals surface area contributed by atoms with Crippen LogP contribution in [0.15, 0.2) is 60.7 Å². The van der Waals surface area contributed by atoms with E-state index in [-0.39, 0.29) is 23.3 Å². The number of fused-ring (bicyclic) bond motifs is 1. The van der Waals surface area contributed by atoms with Crippen LogP contribution in [0.1, 0.15) is 39.4 Å². The minimum atomic E-state index is -2.96. The molecule has 0 saturated carbocycles. The third-order valence-electron chi connectivity index (χ3n) is 6.47. The smallest absolute Gasteiger partial charge is 0.262 e. The Labute approximate surface area is 218 Å². The standard InChI is InChI=1S/C26H27N5O4S2/c1-26(2,18-6-4-3-5-7-18)28-24(33)21-16-20-22(29-30-25(20)36-21)27-23(32)17-8-10-19(11-9-17)31-12-14-37(34,35)15-13-31/h3-11,16H,12-15H2,1-2H3,(H,28,33)(H2,27,29,30,32). The summed E-state index contributed by atoms with van der Waals surface area (Å²) >= 11 is 1.25. The largest absolute Gasteiger partial charge is 0.369 e. The Morgan fingerprint density at radius 3 is 2.35 bits per heavy atom. The number of aromatic nitrogens is 2. The summed E-state index contributed by atoms with van der Waals surface area (Å²) in [6.45, 7) is 4.78. The molecule has 0 atom stereocenters. The molecule has 3 heterocycles. The fraction of sp³-hybridized carbons (Fsp3) is 0.269. The van der Waals surface area contributed by atoms with Gasteiger partial charge in [0.15, 0.2) is 9.84 Å². The van der Waals surface area contributed by atoms with Crippen LogP contribution in [0.2, 0.25) is 0 Å². The Morgan fingerprint density at radius 2 is 1.68 bits per heavy atom. The van der Waals surface area contributed by atoms with E-state index in [9.17, 15) is 18.0 Å². The van der Waals surface area contributed by atoms with Gasteiger partial charge in [0.2, 0.25) is 0 Å². The molecular weight excluding hydrogens is 510 g/mol. The van der Waals surface area contributed by atoms with Crippen molar-refractivity contribution in [2.45, 2.75) is 19.4 Å². The number of sulfone groups is 1. The van der Waals surface area contributed by atoms with Gasteiger partial charge < -0.3 is 15.5 Å². The van der Waals surface area contributed by atoms with Crippen molar-refractivity contribution in [3.8, 4) is 0 Å². The van der Waals surface area contributed by atoms with Gasteiger partial charge in [-0.1, -0.05) is 30.3 Å². The average Bonchev–Trinajstić information content (AvgIpc) is 3.47. The van der Waals surface area contributed by atoms with E-state index in [1.54, 1.807) is 18.2 Å². The number of hydrogen-bond acceptors (Lipinski definition) is 7. The molecule has 0 unspecified atom stereocenters. The topological polar surface area (TPSA) is 124 Å². The second-order valence-corrected chi connectivity index (χ2v) is 12.8. The number of rotatable bonds is 6. The maximum atomic E-state index is 13.0. The van der Waals surface area contributed by atoms with Crippen LogP contribution >= 0.6 is 11.3 Å². The van der Waals surface area contributed by atoms with Gasteiger partial charge in [-0.25, -0.2) is 8.42 Å². The van der Waals surface area contributed by atoms with Crippen molar-refractivity contribution in [2.75, 3.05) is 34.8 Å². The van der Waals surface area contributed by atoms with Crippen molar-refractivity contribution in [1.82, 2.24) is 15.5 Å². The number of hydrogen-bond donors (Lipinski definition) is 3. The number of nitrogens with zero attached hydrogens (tertiary/aromatic N) is 2. The van der Waals surface area contributed by atoms with Crippen LogP contribution in [0.25, 0.3) is 10.2 Å². The van der Waals surface area contributed by atoms with Crippen molar-refractivity contribution < 1.29 is 18.0 Å². The maximum Gasteiger partial charge on any atom is 0.262 e. The Hall–Kier alpha value is -3.70. The number of amides is 2. The van der Waals surface area contributed by atoms with Gasteiger partial charge in [-0.3, -0.25) is 14.7 Å². The van der Waals surface area contributed by atoms with E-state index >= 15 is 0 Å². The molecule has 1 aliphatic heterocycles. The molecule has 37 heavy (non-hydrogen) atoms. The highest BCUT2D eigenvalue weighted by Crippen LogP contribution is 2.30. The van der Waals surface area contributed by atoms with Crippen molar-refractivity contribution in [3.05, 3.63) is 76.7 Å². The number of benzene rings is 2. The number of thiophene rings is 1. The molecule has 2 aromatic carbocycles. The Bertz CT molecular complexity index is 1540. The van der Waals surface area contributed by atoms with Crippen LogP contribution in [0.5, 0.6) is 0 Å². The predicted molar refractivity (Wildman–Crippen MR) is 146 cm³/mol. The summed E-state index contributed by atoms with van der Waals surface area (Å²) in [6, 6.07) is 18.5. The Morgan fingerprint density at radius 1 is 1.00 bits per heavy atom. The van der Waals surface area contributed by atoms with Crippen LogP contribution in [0, 0.1) is 0 Å². The van der Waals surface area contributed by atoms with Crippen molar-refractivity contribution in [1.29, 1.82) is 0 Å². The van der Waals surface area contributed by atoms with Crippen molar-refractivity contribution >= 4 is 54.7 Å². The van der Waals surface area contributed by atoms with Crippen LogP contribution in [-0.2, 0) is 15.4 Å². The van der Waals surface area contributed by atoms with Crippen molar-refractivity contribution in [3.63, 3.8) is 0 Å². The summed E-state index contributed by atoms with van der Waals surface area (Å²) in [7, 11) is -2.96. The first-order valence-electron chi connectivity index (χ1n) is 11.8. The summed E-state index contributed by atoms with van der Waals surface area (Å²) < 4.78 is 23.3. The van der Waals surface area contributed by atoms with E-state index in [2.05, 4.69) is 20.8 Å². The van der Waals surface area contributed by atoms with Gasteiger partial charge in [0.25, 0.3) is 11.8 Å². The number of aromatic amines is 1. The molecule has 0 bridgehead atoms. The molecule has 4 aromatic rings. The average molecular weight is 538 g/mol. The molecule has 9 nitrogen and oxygen atoms in total. The fourth-order valence-electron chi connectivity index (χ4n) is 4.27. The SMILES string of the molecule is CC(C)(NC(=O)c1cc2c(NC(=O)c3ccc(N4CCS(=O)(=O)CC4)cc3)[nH]nc2s1)c1ccccc1. The minimum Gasteiger partial charge on any atom is -0.369 e. The van der Waals surface area contributed by atoms with E-state index in [4.69, 9.17) is 0 Å². The summed E-state index contributed by atoms with van der Waals surface area (Å²) in [6.07, 6.45) is 0.